The minimum atomic E-state index is -0.214. The van der Waals surface area contributed by atoms with E-state index in [1.165, 1.54) is 6.07 Å². The summed E-state index contributed by atoms with van der Waals surface area (Å²) in [5.41, 5.74) is 1.16. The predicted molar refractivity (Wildman–Crippen MR) is 104 cm³/mol. The third-order valence-electron chi connectivity index (χ3n) is 4.51. The molecule has 0 aromatic heterocycles. The highest BCUT2D eigenvalue weighted by atomic mass is 35.5. The first-order valence-electron chi connectivity index (χ1n) is 8.50. The van der Waals surface area contributed by atoms with Crippen LogP contribution < -0.4 is 5.32 Å². The summed E-state index contributed by atoms with van der Waals surface area (Å²) in [6, 6.07) is 11.7. The summed E-state index contributed by atoms with van der Waals surface area (Å²) in [5.74, 6) is -0.165. The quantitative estimate of drug-likeness (QED) is 0.825. The number of amides is 2. The fourth-order valence-electron chi connectivity index (χ4n) is 2.96. The van der Waals surface area contributed by atoms with Crippen LogP contribution in [0.2, 0.25) is 10.0 Å². The van der Waals surface area contributed by atoms with Crippen molar-refractivity contribution in [2.24, 2.45) is 0 Å². The Bertz CT molecular complexity index is 759. The maximum absolute atomic E-state index is 13.7. The molecule has 2 aromatic carbocycles. The molecule has 0 saturated carbocycles. The molecule has 1 saturated heterocycles. The van der Waals surface area contributed by atoms with Crippen molar-refractivity contribution in [3.63, 3.8) is 0 Å². The maximum Gasteiger partial charge on any atom is 0.322 e. The number of piperazine rings is 1. The van der Waals surface area contributed by atoms with Crippen LogP contribution in [0.25, 0.3) is 0 Å². The van der Waals surface area contributed by atoms with Crippen LogP contribution >= 0.6 is 23.2 Å². The highest BCUT2D eigenvalue weighted by molar-refractivity contribution is 6.39. The van der Waals surface area contributed by atoms with Crippen molar-refractivity contribution in [3.05, 3.63) is 63.9 Å². The van der Waals surface area contributed by atoms with E-state index in [0.29, 0.717) is 35.2 Å². The molecular weight excluding hydrogens is 376 g/mol. The molecule has 1 aliphatic heterocycles. The first-order chi connectivity index (χ1) is 12.5. The Hall–Kier alpha value is -1.82. The van der Waals surface area contributed by atoms with Crippen molar-refractivity contribution in [1.82, 2.24) is 9.80 Å². The average molecular weight is 396 g/mol. The van der Waals surface area contributed by atoms with Gasteiger partial charge in [-0.05, 0) is 30.2 Å². The van der Waals surface area contributed by atoms with Gasteiger partial charge in [0.2, 0.25) is 0 Å². The van der Waals surface area contributed by atoms with Crippen molar-refractivity contribution < 1.29 is 9.18 Å². The smallest absolute Gasteiger partial charge is 0.322 e. The van der Waals surface area contributed by atoms with Crippen LogP contribution in [-0.2, 0) is 6.42 Å². The number of urea groups is 1. The lowest BCUT2D eigenvalue weighted by Crippen LogP contribution is -2.50. The molecule has 0 unspecified atom stereocenters. The van der Waals surface area contributed by atoms with Gasteiger partial charge < -0.3 is 10.2 Å². The van der Waals surface area contributed by atoms with E-state index in [1.54, 1.807) is 29.2 Å². The fraction of sp³-hybridized carbons (Fsp3) is 0.316. The lowest BCUT2D eigenvalue weighted by atomic mass is 10.1. The molecule has 0 radical (unpaired) electrons. The molecule has 1 fully saturated rings. The van der Waals surface area contributed by atoms with E-state index in [2.05, 4.69) is 10.2 Å². The number of hydrogen-bond donors (Lipinski definition) is 1. The minimum absolute atomic E-state index is 0.165. The van der Waals surface area contributed by atoms with Gasteiger partial charge in [0, 0.05) is 32.7 Å². The topological polar surface area (TPSA) is 35.6 Å². The average Bonchev–Trinajstić information content (AvgIpc) is 2.64. The summed E-state index contributed by atoms with van der Waals surface area (Å²) >= 11 is 12.2. The number of nitrogens with one attached hydrogen (secondary N) is 1. The highest BCUT2D eigenvalue weighted by Gasteiger charge is 2.22. The number of anilines is 1. The molecule has 0 bridgehead atoms. The fourth-order valence-corrected chi connectivity index (χ4v) is 3.45. The van der Waals surface area contributed by atoms with Gasteiger partial charge in [-0.25, -0.2) is 9.18 Å². The standard InChI is InChI=1S/C19H20Cl2FN3O/c20-15-5-3-6-16(21)18(15)23-19(26)25-12-10-24(11-13-25)9-8-14-4-1-2-7-17(14)22/h1-7H,8-13H2,(H,23,26). The Kier molecular flexibility index (Phi) is 6.35. The van der Waals surface area contributed by atoms with Gasteiger partial charge in [-0.15, -0.1) is 0 Å². The molecular formula is C19H20Cl2FN3O. The Morgan fingerprint density at radius 3 is 2.31 bits per heavy atom. The van der Waals surface area contributed by atoms with Gasteiger partial charge >= 0.3 is 6.03 Å². The van der Waals surface area contributed by atoms with Gasteiger partial charge in [-0.2, -0.15) is 0 Å². The molecule has 138 valence electrons. The zero-order valence-corrected chi connectivity index (χ0v) is 15.7. The molecule has 3 rings (SSSR count). The van der Waals surface area contributed by atoms with E-state index in [9.17, 15) is 9.18 Å². The van der Waals surface area contributed by atoms with E-state index >= 15 is 0 Å². The van der Waals surface area contributed by atoms with Crippen molar-refractivity contribution in [2.75, 3.05) is 38.0 Å². The van der Waals surface area contributed by atoms with E-state index in [0.717, 1.165) is 25.2 Å². The number of benzene rings is 2. The van der Waals surface area contributed by atoms with Gasteiger partial charge in [0.1, 0.15) is 5.82 Å². The number of hydrogen-bond acceptors (Lipinski definition) is 2. The second-order valence-electron chi connectivity index (χ2n) is 6.20. The summed E-state index contributed by atoms with van der Waals surface area (Å²) in [6.07, 6.45) is 0.661. The van der Waals surface area contributed by atoms with E-state index in [-0.39, 0.29) is 11.8 Å². The van der Waals surface area contributed by atoms with Crippen molar-refractivity contribution in [2.45, 2.75) is 6.42 Å². The molecule has 1 heterocycles. The van der Waals surface area contributed by atoms with Crippen LogP contribution in [-0.4, -0.2) is 48.6 Å². The largest absolute Gasteiger partial charge is 0.322 e. The molecule has 1 N–H and O–H groups in total. The van der Waals surface area contributed by atoms with Crippen LogP contribution in [0.15, 0.2) is 42.5 Å². The highest BCUT2D eigenvalue weighted by Crippen LogP contribution is 2.30. The third-order valence-corrected chi connectivity index (χ3v) is 5.14. The molecule has 7 heteroatoms. The number of halogens is 3. The van der Waals surface area contributed by atoms with Crippen molar-refractivity contribution in [1.29, 1.82) is 0 Å². The van der Waals surface area contributed by atoms with Crippen molar-refractivity contribution >= 4 is 34.9 Å². The summed E-state index contributed by atoms with van der Waals surface area (Å²) in [7, 11) is 0. The Morgan fingerprint density at radius 2 is 1.65 bits per heavy atom. The molecule has 0 atom stereocenters. The van der Waals surface area contributed by atoms with Crippen LogP contribution in [0.4, 0.5) is 14.9 Å². The molecule has 0 spiro atoms. The third kappa shape index (κ3) is 4.67. The van der Waals surface area contributed by atoms with Gasteiger partial charge in [0.25, 0.3) is 0 Å². The van der Waals surface area contributed by atoms with E-state index < -0.39 is 0 Å². The lowest BCUT2D eigenvalue weighted by molar-refractivity contribution is 0.148. The summed E-state index contributed by atoms with van der Waals surface area (Å²) < 4.78 is 13.7. The second kappa shape index (κ2) is 8.71. The number of carbonyl (C=O) groups excluding carboxylic acids is 1. The lowest BCUT2D eigenvalue weighted by Gasteiger charge is -2.34. The number of para-hydroxylation sites is 1. The summed E-state index contributed by atoms with van der Waals surface area (Å²) in [5, 5.41) is 3.61. The van der Waals surface area contributed by atoms with Gasteiger partial charge in [0.05, 0.1) is 15.7 Å². The van der Waals surface area contributed by atoms with Gasteiger partial charge in [-0.3, -0.25) is 4.90 Å². The summed E-state index contributed by atoms with van der Waals surface area (Å²) in [6.45, 7) is 3.47. The molecule has 0 aliphatic carbocycles. The number of nitrogens with zero attached hydrogens (tertiary/aromatic N) is 2. The molecule has 26 heavy (non-hydrogen) atoms. The molecule has 2 amide bonds. The number of carbonyl (C=O) groups is 1. The minimum Gasteiger partial charge on any atom is -0.322 e. The first kappa shape index (κ1) is 19.0. The molecule has 4 nitrogen and oxygen atoms in total. The van der Waals surface area contributed by atoms with E-state index in [1.807, 2.05) is 12.1 Å². The second-order valence-corrected chi connectivity index (χ2v) is 7.01. The van der Waals surface area contributed by atoms with Crippen LogP contribution in [0.5, 0.6) is 0 Å². The summed E-state index contributed by atoms with van der Waals surface area (Å²) in [4.78, 5) is 16.4. The van der Waals surface area contributed by atoms with Gasteiger partial charge in [-0.1, -0.05) is 47.5 Å². The normalized spacial score (nSPS) is 15.1. The monoisotopic (exact) mass is 395 g/mol. The van der Waals surface area contributed by atoms with Crippen LogP contribution in [0.1, 0.15) is 5.56 Å². The maximum atomic E-state index is 13.7. The molecule has 2 aromatic rings. The van der Waals surface area contributed by atoms with Crippen LogP contribution in [0, 0.1) is 5.82 Å². The first-order valence-corrected chi connectivity index (χ1v) is 9.26. The SMILES string of the molecule is O=C(Nc1c(Cl)cccc1Cl)N1CCN(CCc2ccccc2F)CC1. The van der Waals surface area contributed by atoms with Crippen LogP contribution in [0.3, 0.4) is 0 Å². The zero-order chi connectivity index (χ0) is 18.5. The Morgan fingerprint density at radius 1 is 1.00 bits per heavy atom. The zero-order valence-electron chi connectivity index (χ0n) is 14.2. The Balaban J connectivity index is 1.49. The van der Waals surface area contributed by atoms with Gasteiger partial charge in [0.15, 0.2) is 0 Å². The molecule has 1 aliphatic rings. The van der Waals surface area contributed by atoms with Crippen molar-refractivity contribution in [3.8, 4) is 0 Å². The van der Waals surface area contributed by atoms with E-state index in [4.69, 9.17) is 23.2 Å². The Labute approximate surface area is 162 Å². The number of rotatable bonds is 4. The predicted octanol–water partition coefficient (Wildman–Crippen LogP) is 4.52.